The SMILES string of the molecule is CC(C)(C)OC(=O)n1c(-c2c(F)cccc2F)c(F)c2cnccc21. The van der Waals surface area contributed by atoms with Crippen molar-refractivity contribution in [2.75, 3.05) is 0 Å². The number of pyridine rings is 1. The van der Waals surface area contributed by atoms with Crippen molar-refractivity contribution in [2.45, 2.75) is 26.4 Å². The summed E-state index contributed by atoms with van der Waals surface area (Å²) in [4.78, 5) is 16.4. The normalized spacial score (nSPS) is 11.8. The lowest BCUT2D eigenvalue weighted by Gasteiger charge is -2.21. The van der Waals surface area contributed by atoms with Crippen molar-refractivity contribution in [3.63, 3.8) is 0 Å². The second-order valence-electron chi connectivity index (χ2n) is 6.47. The van der Waals surface area contributed by atoms with Crippen molar-refractivity contribution in [3.8, 4) is 11.3 Å². The van der Waals surface area contributed by atoms with Crippen molar-refractivity contribution < 1.29 is 22.7 Å². The zero-order valence-corrected chi connectivity index (χ0v) is 13.8. The third kappa shape index (κ3) is 2.97. The van der Waals surface area contributed by atoms with Gasteiger partial charge in [-0.25, -0.2) is 22.5 Å². The first-order chi connectivity index (χ1) is 11.7. The maximum Gasteiger partial charge on any atom is 0.419 e. The largest absolute Gasteiger partial charge is 0.443 e. The number of rotatable bonds is 1. The molecule has 0 saturated carbocycles. The Kier molecular flexibility index (Phi) is 4.02. The zero-order chi connectivity index (χ0) is 18.4. The third-order valence-electron chi connectivity index (χ3n) is 3.48. The molecular formula is C18H15F3N2O2. The minimum Gasteiger partial charge on any atom is -0.443 e. The predicted molar refractivity (Wildman–Crippen MR) is 86.7 cm³/mol. The van der Waals surface area contributed by atoms with Crippen LogP contribution in [0.25, 0.3) is 22.2 Å². The molecule has 0 N–H and O–H groups in total. The summed E-state index contributed by atoms with van der Waals surface area (Å²) in [5, 5.41) is -0.0361. The molecule has 7 heteroatoms. The molecule has 2 aromatic heterocycles. The van der Waals surface area contributed by atoms with Crippen LogP contribution in [0.4, 0.5) is 18.0 Å². The van der Waals surface area contributed by atoms with Gasteiger partial charge in [-0.05, 0) is 39.0 Å². The Labute approximate surface area is 141 Å². The van der Waals surface area contributed by atoms with E-state index < -0.39 is 40.4 Å². The highest BCUT2D eigenvalue weighted by Crippen LogP contribution is 2.35. The third-order valence-corrected chi connectivity index (χ3v) is 3.48. The highest BCUT2D eigenvalue weighted by atomic mass is 19.1. The van der Waals surface area contributed by atoms with E-state index in [-0.39, 0.29) is 10.9 Å². The van der Waals surface area contributed by atoms with E-state index in [0.29, 0.717) is 0 Å². The summed E-state index contributed by atoms with van der Waals surface area (Å²) in [6.07, 6.45) is 1.60. The molecule has 2 heterocycles. The lowest BCUT2D eigenvalue weighted by Crippen LogP contribution is -2.27. The topological polar surface area (TPSA) is 44.1 Å². The lowest BCUT2D eigenvalue weighted by atomic mass is 10.1. The van der Waals surface area contributed by atoms with Crippen molar-refractivity contribution in [1.82, 2.24) is 9.55 Å². The van der Waals surface area contributed by atoms with Gasteiger partial charge in [-0.1, -0.05) is 6.07 Å². The quantitative estimate of drug-likeness (QED) is 0.628. The summed E-state index contributed by atoms with van der Waals surface area (Å²) >= 11 is 0. The van der Waals surface area contributed by atoms with Crippen LogP contribution in [-0.2, 0) is 4.74 Å². The minimum atomic E-state index is -0.987. The number of nitrogens with zero attached hydrogens (tertiary/aromatic N) is 2. The van der Waals surface area contributed by atoms with Gasteiger partial charge in [-0.3, -0.25) is 4.98 Å². The smallest absolute Gasteiger partial charge is 0.419 e. The molecule has 0 amide bonds. The van der Waals surface area contributed by atoms with Crippen LogP contribution in [0.2, 0.25) is 0 Å². The molecule has 0 fully saturated rings. The second kappa shape index (κ2) is 5.91. The Morgan fingerprint density at radius 2 is 1.76 bits per heavy atom. The summed E-state index contributed by atoms with van der Waals surface area (Å²) in [6, 6.07) is 4.53. The molecule has 0 bridgehead atoms. The van der Waals surface area contributed by atoms with Gasteiger partial charge < -0.3 is 4.74 Å². The molecule has 25 heavy (non-hydrogen) atoms. The van der Waals surface area contributed by atoms with Gasteiger partial charge >= 0.3 is 6.09 Å². The van der Waals surface area contributed by atoms with Crippen LogP contribution in [0.15, 0.2) is 36.7 Å². The van der Waals surface area contributed by atoms with Gasteiger partial charge in [-0.15, -0.1) is 0 Å². The average molecular weight is 348 g/mol. The fourth-order valence-corrected chi connectivity index (χ4v) is 2.54. The van der Waals surface area contributed by atoms with Crippen LogP contribution in [0.3, 0.4) is 0 Å². The maximum atomic E-state index is 14.9. The highest BCUT2D eigenvalue weighted by Gasteiger charge is 2.29. The van der Waals surface area contributed by atoms with E-state index in [1.807, 2.05) is 0 Å². The van der Waals surface area contributed by atoms with Gasteiger partial charge in [0.25, 0.3) is 0 Å². The van der Waals surface area contributed by atoms with E-state index >= 15 is 0 Å². The molecule has 0 unspecified atom stereocenters. The van der Waals surface area contributed by atoms with Crippen molar-refractivity contribution >= 4 is 17.0 Å². The van der Waals surface area contributed by atoms with Crippen molar-refractivity contribution in [2.24, 2.45) is 0 Å². The number of benzene rings is 1. The summed E-state index contributed by atoms with van der Waals surface area (Å²) in [6.45, 7) is 4.91. The van der Waals surface area contributed by atoms with Crippen LogP contribution in [0.1, 0.15) is 20.8 Å². The van der Waals surface area contributed by atoms with Crippen LogP contribution >= 0.6 is 0 Å². The first-order valence-corrected chi connectivity index (χ1v) is 7.52. The first-order valence-electron chi connectivity index (χ1n) is 7.52. The van der Waals surface area contributed by atoms with E-state index in [4.69, 9.17) is 4.74 Å². The van der Waals surface area contributed by atoms with Gasteiger partial charge in [0.2, 0.25) is 0 Å². The Bertz CT molecular complexity index is 954. The number of carbonyl (C=O) groups is 1. The van der Waals surface area contributed by atoms with E-state index in [1.54, 1.807) is 20.8 Å². The molecule has 0 aliphatic rings. The molecule has 4 nitrogen and oxygen atoms in total. The molecule has 0 saturated heterocycles. The average Bonchev–Trinajstić information content (AvgIpc) is 2.79. The number of aromatic nitrogens is 2. The second-order valence-corrected chi connectivity index (χ2v) is 6.47. The summed E-state index contributed by atoms with van der Waals surface area (Å²) in [7, 11) is 0. The zero-order valence-electron chi connectivity index (χ0n) is 13.8. The minimum absolute atomic E-state index is 0.0361. The molecule has 0 radical (unpaired) electrons. The van der Waals surface area contributed by atoms with Crippen LogP contribution in [-0.4, -0.2) is 21.2 Å². The predicted octanol–water partition coefficient (Wildman–Crippen LogP) is 4.90. The summed E-state index contributed by atoms with van der Waals surface area (Å²) in [5.74, 6) is -2.92. The number of fused-ring (bicyclic) bond motifs is 1. The molecular weight excluding hydrogens is 333 g/mol. The van der Waals surface area contributed by atoms with Gasteiger partial charge in [-0.2, -0.15) is 0 Å². The number of halogens is 3. The molecule has 0 aliphatic carbocycles. The summed E-state index contributed by atoms with van der Waals surface area (Å²) < 4.78 is 49.5. The van der Waals surface area contributed by atoms with Gasteiger partial charge in [0, 0.05) is 12.4 Å². The molecule has 0 aliphatic heterocycles. The Balaban J connectivity index is 2.37. The number of hydrogen-bond donors (Lipinski definition) is 0. The van der Waals surface area contributed by atoms with E-state index in [1.165, 1.54) is 18.5 Å². The molecule has 1 aromatic carbocycles. The molecule has 3 rings (SSSR count). The van der Waals surface area contributed by atoms with Crippen molar-refractivity contribution in [1.29, 1.82) is 0 Å². The Morgan fingerprint density at radius 3 is 2.36 bits per heavy atom. The highest BCUT2D eigenvalue weighted by molar-refractivity contribution is 5.96. The number of ether oxygens (including phenoxy) is 1. The number of hydrogen-bond acceptors (Lipinski definition) is 3. The maximum absolute atomic E-state index is 14.9. The van der Waals surface area contributed by atoms with Crippen molar-refractivity contribution in [3.05, 3.63) is 54.1 Å². The molecule has 3 aromatic rings. The van der Waals surface area contributed by atoms with Crippen LogP contribution < -0.4 is 0 Å². The van der Waals surface area contributed by atoms with Gasteiger partial charge in [0.05, 0.1) is 16.5 Å². The van der Waals surface area contributed by atoms with E-state index in [9.17, 15) is 18.0 Å². The molecule has 130 valence electrons. The van der Waals surface area contributed by atoms with Crippen LogP contribution in [0, 0.1) is 17.5 Å². The monoisotopic (exact) mass is 348 g/mol. The van der Waals surface area contributed by atoms with E-state index in [2.05, 4.69) is 4.98 Å². The van der Waals surface area contributed by atoms with Gasteiger partial charge in [0.1, 0.15) is 22.9 Å². The Morgan fingerprint density at radius 1 is 1.12 bits per heavy atom. The summed E-state index contributed by atoms with van der Waals surface area (Å²) in [5.41, 5.74) is -1.93. The first kappa shape index (κ1) is 17.0. The van der Waals surface area contributed by atoms with Gasteiger partial charge in [0.15, 0.2) is 5.82 Å². The lowest BCUT2D eigenvalue weighted by molar-refractivity contribution is 0.0546. The number of carbonyl (C=O) groups excluding carboxylic acids is 1. The molecule has 0 spiro atoms. The molecule has 0 atom stereocenters. The van der Waals surface area contributed by atoms with Crippen LogP contribution in [0.5, 0.6) is 0 Å². The fraction of sp³-hybridized carbons (Fsp3) is 0.222. The standard InChI is InChI=1S/C18H15F3N2O2/c1-18(2,3)25-17(24)23-13-7-8-22-9-10(13)15(21)16(23)14-11(19)5-4-6-12(14)20/h4-9H,1-3H3. The Hall–Kier alpha value is -2.83. The van der Waals surface area contributed by atoms with E-state index in [0.717, 1.165) is 22.8 Å². The fourth-order valence-electron chi connectivity index (χ4n) is 2.54.